The molecule has 0 aliphatic carbocycles. The summed E-state index contributed by atoms with van der Waals surface area (Å²) in [5.74, 6) is 0.687. The maximum Gasteiger partial charge on any atom is 0.138 e. The molecule has 17 heavy (non-hydrogen) atoms. The Bertz CT molecular complexity index is 355. The number of methoxy groups -OCH3 is 1. The van der Waals surface area contributed by atoms with E-state index >= 15 is 0 Å². The maximum atomic E-state index is 6.09. The van der Waals surface area contributed by atoms with Gasteiger partial charge in [-0.2, -0.15) is 0 Å². The molecule has 0 aromatic heterocycles. The minimum Gasteiger partial charge on any atom is -0.488 e. The summed E-state index contributed by atoms with van der Waals surface area (Å²) in [4.78, 5) is 0. The van der Waals surface area contributed by atoms with Crippen molar-refractivity contribution in [3.8, 4) is 5.75 Å². The smallest absolute Gasteiger partial charge is 0.138 e. The summed E-state index contributed by atoms with van der Waals surface area (Å²) >= 11 is 6.09. The van der Waals surface area contributed by atoms with Gasteiger partial charge in [0.1, 0.15) is 12.4 Å². The number of halogens is 1. The quantitative estimate of drug-likeness (QED) is 0.572. The standard InChI is InChI=1S/C13H18ClNO2/c1-3-7-17-13-5-4-11(9-12(13)14)10-15-6-8-16-2/h3-5,9,15H,1,6-8,10H2,2H3. The van der Waals surface area contributed by atoms with E-state index in [1.807, 2.05) is 18.2 Å². The Balaban J connectivity index is 2.47. The molecule has 1 aromatic carbocycles. The number of ether oxygens (including phenoxy) is 2. The van der Waals surface area contributed by atoms with E-state index in [2.05, 4.69) is 11.9 Å². The lowest BCUT2D eigenvalue weighted by molar-refractivity contribution is 0.199. The monoisotopic (exact) mass is 255 g/mol. The van der Waals surface area contributed by atoms with E-state index in [1.54, 1.807) is 13.2 Å². The van der Waals surface area contributed by atoms with E-state index in [-0.39, 0.29) is 0 Å². The van der Waals surface area contributed by atoms with Crippen molar-refractivity contribution in [1.29, 1.82) is 0 Å². The second-order valence-corrected chi connectivity index (χ2v) is 3.94. The fourth-order valence-corrected chi connectivity index (χ4v) is 1.58. The molecule has 0 atom stereocenters. The Kier molecular flexibility index (Phi) is 6.70. The second-order valence-electron chi connectivity index (χ2n) is 3.53. The van der Waals surface area contributed by atoms with Crippen LogP contribution in [0.3, 0.4) is 0 Å². The Morgan fingerprint density at radius 2 is 2.29 bits per heavy atom. The molecule has 0 spiro atoms. The van der Waals surface area contributed by atoms with Crippen molar-refractivity contribution in [3.63, 3.8) is 0 Å². The van der Waals surface area contributed by atoms with Gasteiger partial charge in [0.2, 0.25) is 0 Å². The number of hydrogen-bond donors (Lipinski definition) is 1. The second kappa shape index (κ2) is 8.12. The summed E-state index contributed by atoms with van der Waals surface area (Å²) in [6, 6.07) is 5.77. The molecule has 1 rings (SSSR count). The van der Waals surface area contributed by atoms with Gasteiger partial charge in [0.15, 0.2) is 0 Å². The van der Waals surface area contributed by atoms with Crippen molar-refractivity contribution in [1.82, 2.24) is 5.32 Å². The predicted octanol–water partition coefficient (Wildman–Crippen LogP) is 2.64. The molecule has 0 saturated carbocycles. The van der Waals surface area contributed by atoms with Crippen LogP contribution in [-0.4, -0.2) is 26.9 Å². The summed E-state index contributed by atoms with van der Waals surface area (Å²) in [5.41, 5.74) is 1.12. The van der Waals surface area contributed by atoms with Crippen molar-refractivity contribution in [2.24, 2.45) is 0 Å². The normalized spacial score (nSPS) is 10.2. The zero-order valence-electron chi connectivity index (χ0n) is 10.0. The van der Waals surface area contributed by atoms with E-state index in [9.17, 15) is 0 Å². The largest absolute Gasteiger partial charge is 0.488 e. The first-order valence-electron chi connectivity index (χ1n) is 5.49. The topological polar surface area (TPSA) is 30.5 Å². The Hall–Kier alpha value is -1.03. The van der Waals surface area contributed by atoms with Crippen molar-refractivity contribution in [2.75, 3.05) is 26.9 Å². The molecule has 3 nitrogen and oxygen atoms in total. The van der Waals surface area contributed by atoms with Crippen LogP contribution in [0, 0.1) is 0 Å². The van der Waals surface area contributed by atoms with Crippen molar-refractivity contribution < 1.29 is 9.47 Å². The van der Waals surface area contributed by atoms with Gasteiger partial charge in [-0.05, 0) is 17.7 Å². The molecule has 4 heteroatoms. The van der Waals surface area contributed by atoms with Crippen LogP contribution in [0.25, 0.3) is 0 Å². The average molecular weight is 256 g/mol. The van der Waals surface area contributed by atoms with Crippen molar-refractivity contribution in [2.45, 2.75) is 6.54 Å². The van der Waals surface area contributed by atoms with E-state index in [0.29, 0.717) is 24.0 Å². The average Bonchev–Trinajstić information content (AvgIpc) is 2.34. The molecule has 1 aromatic rings. The molecule has 0 heterocycles. The first-order valence-corrected chi connectivity index (χ1v) is 5.87. The van der Waals surface area contributed by atoms with Gasteiger partial charge in [-0.25, -0.2) is 0 Å². The van der Waals surface area contributed by atoms with Gasteiger partial charge in [-0.1, -0.05) is 30.3 Å². The SMILES string of the molecule is C=CCOc1ccc(CNCCOC)cc1Cl. The highest BCUT2D eigenvalue weighted by Gasteiger charge is 2.02. The highest BCUT2D eigenvalue weighted by molar-refractivity contribution is 6.32. The van der Waals surface area contributed by atoms with E-state index < -0.39 is 0 Å². The first kappa shape index (κ1) is 14.0. The third kappa shape index (κ3) is 5.22. The highest BCUT2D eigenvalue weighted by atomic mass is 35.5. The van der Waals surface area contributed by atoms with Crippen molar-refractivity contribution in [3.05, 3.63) is 41.4 Å². The van der Waals surface area contributed by atoms with E-state index in [0.717, 1.165) is 18.7 Å². The summed E-state index contributed by atoms with van der Waals surface area (Å²) in [7, 11) is 1.68. The van der Waals surface area contributed by atoms with Gasteiger partial charge in [0, 0.05) is 20.2 Å². The molecule has 0 aliphatic rings. The Labute approximate surface area is 107 Å². The van der Waals surface area contributed by atoms with Crippen LogP contribution in [0.15, 0.2) is 30.9 Å². The highest BCUT2D eigenvalue weighted by Crippen LogP contribution is 2.25. The molecule has 0 aliphatic heterocycles. The van der Waals surface area contributed by atoms with Crippen LogP contribution < -0.4 is 10.1 Å². The van der Waals surface area contributed by atoms with Crippen molar-refractivity contribution >= 4 is 11.6 Å². The Morgan fingerprint density at radius 1 is 1.47 bits per heavy atom. The van der Waals surface area contributed by atoms with Crippen LogP contribution in [0.2, 0.25) is 5.02 Å². The predicted molar refractivity (Wildman–Crippen MR) is 70.7 cm³/mol. The molecule has 0 saturated heterocycles. The molecule has 0 unspecified atom stereocenters. The van der Waals surface area contributed by atoms with Gasteiger partial charge < -0.3 is 14.8 Å². The minimum atomic E-state index is 0.463. The minimum absolute atomic E-state index is 0.463. The zero-order chi connectivity index (χ0) is 12.5. The van der Waals surface area contributed by atoms with E-state index in [1.165, 1.54) is 0 Å². The first-order chi connectivity index (χ1) is 8.27. The van der Waals surface area contributed by atoms with E-state index in [4.69, 9.17) is 21.1 Å². The fourth-order valence-electron chi connectivity index (χ4n) is 1.33. The summed E-state index contributed by atoms with van der Waals surface area (Å²) in [6.45, 7) is 6.35. The maximum absolute atomic E-state index is 6.09. The summed E-state index contributed by atoms with van der Waals surface area (Å²) in [6.07, 6.45) is 1.69. The zero-order valence-corrected chi connectivity index (χ0v) is 10.8. The van der Waals surface area contributed by atoms with Crippen LogP contribution in [0.4, 0.5) is 0 Å². The molecule has 0 fully saturated rings. The van der Waals surface area contributed by atoms with Gasteiger partial charge in [0.25, 0.3) is 0 Å². The molecular weight excluding hydrogens is 238 g/mol. The van der Waals surface area contributed by atoms with Crippen LogP contribution >= 0.6 is 11.6 Å². The van der Waals surface area contributed by atoms with Gasteiger partial charge >= 0.3 is 0 Å². The number of rotatable bonds is 8. The number of hydrogen-bond acceptors (Lipinski definition) is 3. The third-order valence-electron chi connectivity index (χ3n) is 2.17. The fraction of sp³-hybridized carbons (Fsp3) is 0.385. The Morgan fingerprint density at radius 3 is 2.94 bits per heavy atom. The van der Waals surface area contributed by atoms with Crippen LogP contribution in [0.1, 0.15) is 5.56 Å². The lowest BCUT2D eigenvalue weighted by atomic mass is 10.2. The summed E-state index contributed by atoms with van der Waals surface area (Å²) in [5, 5.41) is 3.87. The molecular formula is C13H18ClNO2. The molecule has 1 N–H and O–H groups in total. The molecule has 0 radical (unpaired) electrons. The molecule has 0 amide bonds. The van der Waals surface area contributed by atoms with Gasteiger partial charge in [0.05, 0.1) is 11.6 Å². The molecule has 94 valence electrons. The number of benzene rings is 1. The third-order valence-corrected chi connectivity index (χ3v) is 2.46. The summed E-state index contributed by atoms with van der Waals surface area (Å²) < 4.78 is 10.3. The van der Waals surface area contributed by atoms with Crippen LogP contribution in [0.5, 0.6) is 5.75 Å². The van der Waals surface area contributed by atoms with Gasteiger partial charge in [-0.15, -0.1) is 0 Å². The van der Waals surface area contributed by atoms with Crippen LogP contribution in [-0.2, 0) is 11.3 Å². The molecule has 0 bridgehead atoms. The number of nitrogens with one attached hydrogen (secondary N) is 1. The lowest BCUT2D eigenvalue weighted by Gasteiger charge is -2.08. The lowest BCUT2D eigenvalue weighted by Crippen LogP contribution is -2.18. The van der Waals surface area contributed by atoms with Gasteiger partial charge in [-0.3, -0.25) is 0 Å².